The van der Waals surface area contributed by atoms with Crippen LogP contribution in [0.3, 0.4) is 0 Å². The van der Waals surface area contributed by atoms with E-state index in [2.05, 4.69) is 5.73 Å². The Labute approximate surface area is 49.0 Å². The van der Waals surface area contributed by atoms with Gasteiger partial charge >= 0.3 is 0 Å². The molecule has 4 N–H and O–H groups in total. The smallest absolute Gasteiger partial charge is 0.220 e. The lowest BCUT2D eigenvalue weighted by Crippen LogP contribution is -2.11. The topological polar surface area (TPSA) is 69.1 Å². The van der Waals surface area contributed by atoms with E-state index in [1.54, 1.807) is 0 Å². The van der Waals surface area contributed by atoms with Crippen molar-refractivity contribution in [2.75, 3.05) is 7.05 Å². The molecule has 0 aromatic rings. The Hall–Kier alpha value is -0.570. The lowest BCUT2D eigenvalue weighted by Gasteiger charge is -1.77. The van der Waals surface area contributed by atoms with Crippen molar-refractivity contribution in [3.05, 3.63) is 0 Å². The minimum Gasteiger partial charge on any atom is -0.369 e. The molecule has 0 saturated heterocycles. The zero-order valence-electron chi connectivity index (χ0n) is 5.05. The van der Waals surface area contributed by atoms with Crippen molar-refractivity contribution in [2.24, 2.45) is 17.4 Å². The molecule has 1 amide bonds. The number of nitrogens with two attached hydrogens (primary N) is 2. The van der Waals surface area contributed by atoms with E-state index in [1.165, 1.54) is 7.05 Å². The van der Waals surface area contributed by atoms with Crippen molar-refractivity contribution in [1.82, 2.24) is 0 Å². The minimum atomic E-state index is -0.130. The van der Waals surface area contributed by atoms with Gasteiger partial charge in [0.25, 0.3) is 0 Å². The molecule has 0 aliphatic heterocycles. The number of carbonyl (C=O) groups is 1. The van der Waals surface area contributed by atoms with Crippen LogP contribution < -0.4 is 11.5 Å². The second-order valence-electron chi connectivity index (χ2n) is 1.68. The van der Waals surface area contributed by atoms with E-state index in [1.807, 2.05) is 0 Å². The molecule has 0 atom stereocenters. The summed E-state index contributed by atoms with van der Waals surface area (Å²) < 4.78 is 0. The van der Waals surface area contributed by atoms with Crippen molar-refractivity contribution >= 4 is 5.91 Å². The molecule has 0 heterocycles. The second kappa shape index (κ2) is 3.43. The van der Waals surface area contributed by atoms with Crippen molar-refractivity contribution in [3.8, 4) is 0 Å². The number of primary amides is 1. The van der Waals surface area contributed by atoms with Crippen LogP contribution in [-0.4, -0.2) is 13.0 Å². The molecule has 1 saturated carbocycles. The molecule has 1 aliphatic rings. The molecule has 1 fully saturated rings. The van der Waals surface area contributed by atoms with E-state index >= 15 is 0 Å². The van der Waals surface area contributed by atoms with Gasteiger partial charge in [0.15, 0.2) is 0 Å². The highest BCUT2D eigenvalue weighted by molar-refractivity contribution is 5.78. The summed E-state index contributed by atoms with van der Waals surface area (Å²) in [6.45, 7) is 0. The van der Waals surface area contributed by atoms with Crippen molar-refractivity contribution in [2.45, 2.75) is 12.8 Å². The van der Waals surface area contributed by atoms with Gasteiger partial charge in [-0.25, -0.2) is 0 Å². The zero-order chi connectivity index (χ0) is 6.57. The van der Waals surface area contributed by atoms with E-state index in [9.17, 15) is 4.79 Å². The molecule has 1 aliphatic carbocycles. The largest absolute Gasteiger partial charge is 0.369 e. The van der Waals surface area contributed by atoms with Crippen molar-refractivity contribution in [3.63, 3.8) is 0 Å². The Bertz CT molecular complexity index is 78.5. The lowest BCUT2D eigenvalue weighted by atomic mass is 10.4. The normalized spacial score (nSPS) is 16.2. The number of hydrogen-bond acceptors (Lipinski definition) is 2. The van der Waals surface area contributed by atoms with Crippen LogP contribution in [0, 0.1) is 5.92 Å². The number of hydrogen-bond donors (Lipinski definition) is 2. The van der Waals surface area contributed by atoms with E-state index in [0.717, 1.165) is 12.8 Å². The Balaban J connectivity index is 0.000000222. The van der Waals surface area contributed by atoms with Crippen LogP contribution in [0.5, 0.6) is 0 Å². The van der Waals surface area contributed by atoms with Crippen molar-refractivity contribution in [1.29, 1.82) is 0 Å². The highest BCUT2D eigenvalue weighted by Crippen LogP contribution is 2.27. The first-order valence-corrected chi connectivity index (χ1v) is 2.68. The molecule has 48 valence electrons. The summed E-state index contributed by atoms with van der Waals surface area (Å²) in [6, 6.07) is 0. The summed E-state index contributed by atoms with van der Waals surface area (Å²) >= 11 is 0. The van der Waals surface area contributed by atoms with E-state index < -0.39 is 0 Å². The van der Waals surface area contributed by atoms with Gasteiger partial charge in [-0.1, -0.05) is 0 Å². The molecule has 0 radical (unpaired) electrons. The first-order valence-electron chi connectivity index (χ1n) is 2.68. The molecule has 0 spiro atoms. The van der Waals surface area contributed by atoms with Crippen LogP contribution in [0.2, 0.25) is 0 Å². The van der Waals surface area contributed by atoms with E-state index in [-0.39, 0.29) is 11.8 Å². The zero-order valence-corrected chi connectivity index (χ0v) is 5.05. The summed E-state index contributed by atoms with van der Waals surface area (Å²) in [5.74, 6) is 0.111. The number of amides is 1. The van der Waals surface area contributed by atoms with E-state index in [0.29, 0.717) is 0 Å². The predicted molar refractivity (Wildman–Crippen MR) is 32.0 cm³/mol. The molecule has 3 heteroatoms. The highest BCUT2D eigenvalue weighted by atomic mass is 16.1. The van der Waals surface area contributed by atoms with Crippen LogP contribution >= 0.6 is 0 Å². The highest BCUT2D eigenvalue weighted by Gasteiger charge is 2.26. The molecule has 1 rings (SSSR count). The van der Waals surface area contributed by atoms with Gasteiger partial charge < -0.3 is 11.5 Å². The maximum Gasteiger partial charge on any atom is 0.220 e. The number of carbonyl (C=O) groups excluding carboxylic acids is 1. The van der Waals surface area contributed by atoms with Gasteiger partial charge in [-0.2, -0.15) is 0 Å². The van der Waals surface area contributed by atoms with Gasteiger partial charge in [-0.15, -0.1) is 0 Å². The maximum absolute atomic E-state index is 9.98. The Morgan fingerprint density at radius 3 is 1.88 bits per heavy atom. The van der Waals surface area contributed by atoms with Gasteiger partial charge in [-0.05, 0) is 19.9 Å². The maximum atomic E-state index is 9.98. The van der Waals surface area contributed by atoms with Crippen LogP contribution in [0.1, 0.15) is 12.8 Å². The molecule has 0 aromatic carbocycles. The fourth-order valence-electron chi connectivity index (χ4n) is 0.368. The first-order chi connectivity index (χ1) is 3.80. The third-order valence-corrected chi connectivity index (χ3v) is 0.980. The molecule has 0 bridgehead atoms. The fourth-order valence-corrected chi connectivity index (χ4v) is 0.368. The fraction of sp³-hybridized carbons (Fsp3) is 0.800. The van der Waals surface area contributed by atoms with Gasteiger partial charge in [0, 0.05) is 5.92 Å². The Kier molecular flexibility index (Phi) is 3.19. The van der Waals surface area contributed by atoms with Gasteiger partial charge in [0.2, 0.25) is 5.91 Å². The third kappa shape index (κ3) is 2.58. The molecule has 0 aromatic heterocycles. The second-order valence-corrected chi connectivity index (χ2v) is 1.68. The van der Waals surface area contributed by atoms with Gasteiger partial charge in [0.05, 0.1) is 0 Å². The summed E-state index contributed by atoms with van der Waals surface area (Å²) in [6.07, 6.45) is 2.05. The summed E-state index contributed by atoms with van der Waals surface area (Å²) in [5, 5.41) is 0. The van der Waals surface area contributed by atoms with Gasteiger partial charge in [0.1, 0.15) is 0 Å². The van der Waals surface area contributed by atoms with Crippen LogP contribution in [0.4, 0.5) is 0 Å². The summed E-state index contributed by atoms with van der Waals surface area (Å²) in [4.78, 5) is 9.98. The van der Waals surface area contributed by atoms with Gasteiger partial charge in [-0.3, -0.25) is 4.79 Å². The third-order valence-electron chi connectivity index (χ3n) is 0.980. The van der Waals surface area contributed by atoms with Crippen LogP contribution in [-0.2, 0) is 4.79 Å². The molecule has 8 heavy (non-hydrogen) atoms. The average molecular weight is 116 g/mol. The predicted octanol–water partition coefficient (Wildman–Crippen LogP) is -0.543. The number of rotatable bonds is 1. The quantitative estimate of drug-likeness (QED) is 0.483. The summed E-state index contributed by atoms with van der Waals surface area (Å²) in [5.41, 5.74) is 9.36. The van der Waals surface area contributed by atoms with E-state index in [4.69, 9.17) is 5.73 Å². The minimum absolute atomic E-state index is 0.130. The Morgan fingerprint density at radius 1 is 1.50 bits per heavy atom. The first kappa shape index (κ1) is 7.43. The van der Waals surface area contributed by atoms with Crippen molar-refractivity contribution < 1.29 is 4.79 Å². The Morgan fingerprint density at radius 2 is 1.88 bits per heavy atom. The molecule has 0 unspecified atom stereocenters. The monoisotopic (exact) mass is 116 g/mol. The molecular weight excluding hydrogens is 104 g/mol. The SMILES string of the molecule is CN.NC(=O)C1CC1. The standard InChI is InChI=1S/C4H7NO.CH5N/c5-4(6)3-1-2-3;1-2/h3H,1-2H2,(H2,5,6);2H2,1H3. The molecule has 3 nitrogen and oxygen atoms in total. The average Bonchev–Trinajstić information content (AvgIpc) is 2.50. The lowest BCUT2D eigenvalue weighted by molar-refractivity contribution is -0.119. The summed E-state index contributed by atoms with van der Waals surface area (Å²) in [7, 11) is 1.50. The molecular formula is C5H12N2O. The van der Waals surface area contributed by atoms with Crippen LogP contribution in [0.15, 0.2) is 0 Å². The van der Waals surface area contributed by atoms with Crippen LogP contribution in [0.25, 0.3) is 0 Å².